The number of halogens is 1. The van der Waals surface area contributed by atoms with Crippen LogP contribution in [0.2, 0.25) is 0 Å². The van der Waals surface area contributed by atoms with Crippen LogP contribution in [0.1, 0.15) is 55.1 Å². The van der Waals surface area contributed by atoms with E-state index in [2.05, 4.69) is 27.6 Å². The zero-order chi connectivity index (χ0) is 19.9. The molecular formula is C18H19FN4O4S. The summed E-state index contributed by atoms with van der Waals surface area (Å²) in [6.45, 7) is 3.65. The summed E-state index contributed by atoms with van der Waals surface area (Å²) in [6.07, 6.45) is 1.29. The van der Waals surface area contributed by atoms with Gasteiger partial charge in [0.05, 0.1) is 4.88 Å². The lowest BCUT2D eigenvalue weighted by Crippen LogP contribution is -2.50. The van der Waals surface area contributed by atoms with Gasteiger partial charge < -0.3 is 19.4 Å². The second-order valence-corrected chi connectivity index (χ2v) is 8.49. The maximum Gasteiger partial charge on any atom is 0.290 e. The first-order chi connectivity index (χ1) is 13.3. The van der Waals surface area contributed by atoms with Crippen LogP contribution in [0, 0.1) is 10.5 Å². The number of aromatic nitrogens is 3. The Kier molecular flexibility index (Phi) is 4.76. The summed E-state index contributed by atoms with van der Waals surface area (Å²) in [6, 6.07) is 4.45. The Morgan fingerprint density at radius 2 is 2.25 bits per heavy atom. The van der Waals surface area contributed by atoms with Crippen molar-refractivity contribution in [2.75, 3.05) is 0 Å². The van der Waals surface area contributed by atoms with Gasteiger partial charge in [-0.1, -0.05) is 12.1 Å². The third-order valence-electron chi connectivity index (χ3n) is 4.79. The van der Waals surface area contributed by atoms with Crippen LogP contribution in [0.5, 0.6) is 0 Å². The van der Waals surface area contributed by atoms with Gasteiger partial charge in [-0.2, -0.15) is 4.39 Å². The molecule has 0 radical (unpaired) electrons. The first-order valence-electron chi connectivity index (χ1n) is 8.85. The van der Waals surface area contributed by atoms with Gasteiger partial charge in [-0.25, -0.2) is 0 Å². The number of thiophene rings is 1. The Morgan fingerprint density at radius 3 is 2.89 bits per heavy atom. The van der Waals surface area contributed by atoms with Crippen molar-refractivity contribution >= 4 is 17.2 Å². The molecule has 1 fully saturated rings. The maximum absolute atomic E-state index is 13.1. The summed E-state index contributed by atoms with van der Waals surface area (Å²) < 4.78 is 23.7. The fraction of sp³-hybridized carbons (Fsp3) is 0.444. The summed E-state index contributed by atoms with van der Waals surface area (Å²) in [5.41, 5.74) is 0.365. The Morgan fingerprint density at radius 1 is 1.46 bits per heavy atom. The van der Waals surface area contributed by atoms with Crippen molar-refractivity contribution in [3.8, 4) is 10.6 Å². The van der Waals surface area contributed by atoms with Gasteiger partial charge in [0, 0.05) is 18.5 Å². The number of aliphatic hydroxyl groups excluding tert-OH is 1. The normalized spacial score (nSPS) is 22.6. The number of hydrogen-bond donors (Lipinski definition) is 2. The van der Waals surface area contributed by atoms with Gasteiger partial charge in [0.15, 0.2) is 5.13 Å². The van der Waals surface area contributed by atoms with Crippen LogP contribution in [-0.2, 0) is 6.42 Å². The molecule has 28 heavy (non-hydrogen) atoms. The fourth-order valence-electron chi connectivity index (χ4n) is 3.46. The van der Waals surface area contributed by atoms with Crippen molar-refractivity contribution in [1.29, 1.82) is 0 Å². The maximum atomic E-state index is 13.1. The van der Waals surface area contributed by atoms with Gasteiger partial charge in [0.1, 0.15) is 11.8 Å². The van der Waals surface area contributed by atoms with Gasteiger partial charge in [-0.05, 0) is 37.3 Å². The second-order valence-electron chi connectivity index (χ2n) is 7.46. The molecule has 0 aromatic carbocycles. The molecule has 0 spiro atoms. The highest BCUT2D eigenvalue weighted by atomic mass is 32.1. The van der Waals surface area contributed by atoms with Crippen molar-refractivity contribution in [3.63, 3.8) is 0 Å². The smallest absolute Gasteiger partial charge is 0.290 e. The van der Waals surface area contributed by atoms with E-state index in [9.17, 15) is 14.3 Å². The average Bonchev–Trinajstić information content (AvgIpc) is 3.32. The predicted octanol–water partition coefficient (Wildman–Crippen LogP) is 3.12. The van der Waals surface area contributed by atoms with Crippen LogP contribution in [0.3, 0.4) is 0 Å². The van der Waals surface area contributed by atoms with Gasteiger partial charge in [0.25, 0.3) is 5.91 Å². The Labute approximate surface area is 163 Å². The Bertz CT molecular complexity index is 989. The molecule has 0 saturated heterocycles. The number of rotatable bonds is 6. The fourth-order valence-corrected chi connectivity index (χ4v) is 4.14. The summed E-state index contributed by atoms with van der Waals surface area (Å²) in [5, 5.41) is 23.7. The molecule has 4 rings (SSSR count). The van der Waals surface area contributed by atoms with Crippen molar-refractivity contribution in [1.82, 2.24) is 20.7 Å². The molecule has 148 valence electrons. The lowest BCUT2D eigenvalue weighted by Gasteiger charge is -2.44. The largest absolute Gasteiger partial charge is 0.422 e. The molecule has 8 nitrogen and oxygen atoms in total. The van der Waals surface area contributed by atoms with Crippen LogP contribution in [0.15, 0.2) is 27.1 Å². The summed E-state index contributed by atoms with van der Waals surface area (Å²) in [4.78, 5) is 13.0. The van der Waals surface area contributed by atoms with E-state index in [0.717, 1.165) is 24.2 Å². The lowest BCUT2D eigenvalue weighted by atomic mass is 9.65. The molecule has 2 N–H and O–H groups in total. The number of carbonyl (C=O) groups is 1. The minimum atomic E-state index is -0.792. The van der Waals surface area contributed by atoms with Crippen LogP contribution in [0.4, 0.5) is 4.39 Å². The topological polar surface area (TPSA) is 114 Å². The average molecular weight is 406 g/mol. The van der Waals surface area contributed by atoms with Crippen LogP contribution in [-0.4, -0.2) is 32.4 Å². The molecule has 0 aliphatic heterocycles. The van der Waals surface area contributed by atoms with E-state index >= 15 is 0 Å². The minimum absolute atomic E-state index is 0.00406. The molecule has 0 unspecified atom stereocenters. The van der Waals surface area contributed by atoms with E-state index in [1.54, 1.807) is 13.0 Å². The van der Waals surface area contributed by atoms with Crippen molar-refractivity contribution < 1.29 is 23.2 Å². The molecule has 1 aliphatic carbocycles. The first kappa shape index (κ1) is 18.8. The molecule has 3 aromatic rings. The van der Waals surface area contributed by atoms with E-state index in [1.165, 1.54) is 12.1 Å². The molecule has 3 heterocycles. The number of nitrogens with zero attached hydrogens (tertiary/aromatic N) is 3. The lowest BCUT2D eigenvalue weighted by molar-refractivity contribution is 0.0685. The van der Waals surface area contributed by atoms with Crippen LogP contribution >= 0.6 is 11.3 Å². The highest BCUT2D eigenvalue weighted by molar-refractivity contribution is 7.13. The monoisotopic (exact) mass is 406 g/mol. The quantitative estimate of drug-likeness (QED) is 0.646. The van der Waals surface area contributed by atoms with E-state index in [-0.39, 0.29) is 34.1 Å². The number of amides is 1. The summed E-state index contributed by atoms with van der Waals surface area (Å²) >= 11 is 0.943. The molecule has 1 aliphatic rings. The minimum Gasteiger partial charge on any atom is -0.422 e. The molecule has 3 aromatic heterocycles. The van der Waals surface area contributed by atoms with E-state index in [4.69, 9.17) is 8.94 Å². The molecule has 1 atom stereocenters. The van der Waals surface area contributed by atoms with E-state index in [1.807, 2.05) is 0 Å². The van der Waals surface area contributed by atoms with Crippen LogP contribution < -0.4 is 5.32 Å². The number of aliphatic hydroxyl groups is 1. The van der Waals surface area contributed by atoms with E-state index in [0.29, 0.717) is 22.9 Å². The standard InChI is InChI=1S/C18H19FN4O4S/c1-9(24)17-22-21-15(26-17)8-18(2)6-10(7-18)20-16(25)12-5-11(23-27-12)13-3-4-14(19)28-13/h3-5,9-10,24H,6-8H2,1-2H3,(H,20,25)/t9-,10?,18?/m1/s1. The van der Waals surface area contributed by atoms with Gasteiger partial charge in [-0.3, -0.25) is 4.79 Å². The predicted molar refractivity (Wildman–Crippen MR) is 97.0 cm³/mol. The number of hydrogen-bond acceptors (Lipinski definition) is 8. The first-order valence-corrected chi connectivity index (χ1v) is 9.67. The van der Waals surface area contributed by atoms with Gasteiger partial charge >= 0.3 is 0 Å². The zero-order valence-electron chi connectivity index (χ0n) is 15.3. The highest BCUT2D eigenvalue weighted by Crippen LogP contribution is 2.43. The molecule has 1 amide bonds. The van der Waals surface area contributed by atoms with Gasteiger partial charge in [-0.15, -0.1) is 21.5 Å². The number of carbonyl (C=O) groups excluding carboxylic acids is 1. The summed E-state index contributed by atoms with van der Waals surface area (Å²) in [5.74, 6) is 0.425. The third-order valence-corrected chi connectivity index (χ3v) is 5.69. The molecular weight excluding hydrogens is 387 g/mol. The third kappa shape index (κ3) is 3.83. The molecule has 1 saturated carbocycles. The van der Waals surface area contributed by atoms with Crippen molar-refractivity contribution in [3.05, 3.63) is 40.9 Å². The summed E-state index contributed by atoms with van der Waals surface area (Å²) in [7, 11) is 0. The van der Waals surface area contributed by atoms with Crippen molar-refractivity contribution in [2.45, 2.75) is 45.3 Å². The Hall–Kier alpha value is -2.59. The Balaban J connectivity index is 1.31. The second kappa shape index (κ2) is 7.10. The highest BCUT2D eigenvalue weighted by Gasteiger charge is 2.42. The molecule has 10 heteroatoms. The van der Waals surface area contributed by atoms with Crippen molar-refractivity contribution in [2.24, 2.45) is 5.41 Å². The van der Waals surface area contributed by atoms with Gasteiger partial charge in [0.2, 0.25) is 17.5 Å². The van der Waals surface area contributed by atoms with E-state index < -0.39 is 6.10 Å². The van der Waals surface area contributed by atoms with Crippen LogP contribution in [0.25, 0.3) is 10.6 Å². The number of nitrogens with one attached hydrogen (secondary N) is 1. The SMILES string of the molecule is C[C@@H](O)c1nnc(CC2(C)CC(NC(=O)c3cc(-c4ccc(F)s4)no3)C2)o1. The zero-order valence-corrected chi connectivity index (χ0v) is 16.1. The molecule has 0 bridgehead atoms.